The van der Waals surface area contributed by atoms with Gasteiger partial charge in [0.1, 0.15) is 11.3 Å². The quantitative estimate of drug-likeness (QED) is 0.469. The Morgan fingerprint density at radius 2 is 2.22 bits per heavy atom. The molecule has 0 aromatic carbocycles. The number of esters is 1. The van der Waals surface area contributed by atoms with Crippen molar-refractivity contribution in [3.63, 3.8) is 0 Å². The van der Waals surface area contributed by atoms with Gasteiger partial charge >= 0.3 is 5.97 Å². The highest BCUT2D eigenvalue weighted by Crippen LogP contribution is 2.33. The van der Waals surface area contributed by atoms with Crippen molar-refractivity contribution in [1.82, 2.24) is 4.98 Å². The van der Waals surface area contributed by atoms with E-state index < -0.39 is 35.0 Å². The number of ether oxygens (including phenoxy) is 1. The summed E-state index contributed by atoms with van der Waals surface area (Å²) in [6.07, 6.45) is -2.45. The second kappa shape index (κ2) is 5.48. The minimum atomic E-state index is -3.01. The summed E-state index contributed by atoms with van der Waals surface area (Å²) < 4.78 is 29.9. The molecule has 0 spiro atoms. The van der Waals surface area contributed by atoms with Crippen LogP contribution in [0.25, 0.3) is 0 Å². The van der Waals surface area contributed by atoms with Crippen molar-refractivity contribution in [3.8, 4) is 0 Å². The first-order valence-electron chi connectivity index (χ1n) is 4.86. The van der Waals surface area contributed by atoms with Crippen LogP contribution in [0.3, 0.4) is 0 Å². The zero-order valence-corrected chi connectivity index (χ0v) is 9.65. The molecule has 6 nitrogen and oxygen atoms in total. The van der Waals surface area contributed by atoms with E-state index in [0.29, 0.717) is 0 Å². The number of rotatable bonds is 4. The third-order valence-corrected chi connectivity index (χ3v) is 2.31. The molecule has 8 heteroatoms. The maximum absolute atomic E-state index is 12.8. The molecular weight excluding hydrogens is 250 g/mol. The highest BCUT2D eigenvalue weighted by molar-refractivity contribution is 5.73. The fourth-order valence-electron chi connectivity index (χ4n) is 1.47. The predicted octanol–water partition coefficient (Wildman–Crippen LogP) is 1.95. The van der Waals surface area contributed by atoms with Crippen LogP contribution < -0.4 is 0 Å². The first kappa shape index (κ1) is 13.9. The van der Waals surface area contributed by atoms with E-state index in [1.54, 1.807) is 0 Å². The standard InChI is InChI=1S/C10H10F2N2O4/c1-5-4-13-6(3-7(15)18-2)9(14(16)17)8(5)10(11)12/h4,10H,3H2,1-2H3. The molecule has 0 aliphatic heterocycles. The van der Waals surface area contributed by atoms with Gasteiger partial charge in [0, 0.05) is 6.20 Å². The van der Waals surface area contributed by atoms with Gasteiger partial charge in [-0.25, -0.2) is 8.78 Å². The van der Waals surface area contributed by atoms with Crippen LogP contribution in [0.4, 0.5) is 14.5 Å². The van der Waals surface area contributed by atoms with Crippen LogP contribution in [0.5, 0.6) is 0 Å². The number of methoxy groups -OCH3 is 1. The first-order valence-corrected chi connectivity index (χ1v) is 4.86. The number of hydrogen-bond donors (Lipinski definition) is 0. The molecule has 0 N–H and O–H groups in total. The molecule has 0 unspecified atom stereocenters. The van der Waals surface area contributed by atoms with Gasteiger partial charge in [-0.2, -0.15) is 0 Å². The average Bonchev–Trinajstić information content (AvgIpc) is 2.29. The Morgan fingerprint density at radius 3 is 2.67 bits per heavy atom. The van der Waals surface area contributed by atoms with Gasteiger partial charge in [-0.05, 0) is 12.5 Å². The molecule has 0 radical (unpaired) electrons. The van der Waals surface area contributed by atoms with Crippen LogP contribution in [-0.4, -0.2) is 23.0 Å². The fourth-order valence-corrected chi connectivity index (χ4v) is 1.47. The zero-order chi connectivity index (χ0) is 13.9. The van der Waals surface area contributed by atoms with Gasteiger partial charge in [-0.1, -0.05) is 0 Å². The Hall–Kier alpha value is -2.12. The Morgan fingerprint density at radius 1 is 1.61 bits per heavy atom. The summed E-state index contributed by atoms with van der Waals surface area (Å²) in [7, 11) is 1.09. The largest absolute Gasteiger partial charge is 0.469 e. The summed E-state index contributed by atoms with van der Waals surface area (Å²) >= 11 is 0. The normalized spacial score (nSPS) is 10.5. The molecule has 0 amide bonds. The highest BCUT2D eigenvalue weighted by atomic mass is 19.3. The lowest BCUT2D eigenvalue weighted by Crippen LogP contribution is -2.11. The van der Waals surface area contributed by atoms with Gasteiger partial charge in [0.25, 0.3) is 12.1 Å². The van der Waals surface area contributed by atoms with Crippen molar-refractivity contribution in [2.45, 2.75) is 19.8 Å². The summed E-state index contributed by atoms with van der Waals surface area (Å²) in [5, 5.41) is 10.8. The number of alkyl halides is 2. The first-order chi connectivity index (χ1) is 8.38. The van der Waals surface area contributed by atoms with E-state index >= 15 is 0 Å². The van der Waals surface area contributed by atoms with E-state index in [1.165, 1.54) is 6.92 Å². The number of halogens is 2. The molecule has 0 fully saturated rings. The monoisotopic (exact) mass is 260 g/mol. The number of nitrogens with zero attached hydrogens (tertiary/aromatic N) is 2. The van der Waals surface area contributed by atoms with Crippen molar-refractivity contribution >= 4 is 11.7 Å². The minimum Gasteiger partial charge on any atom is -0.469 e. The smallest absolute Gasteiger partial charge is 0.311 e. The molecule has 1 heterocycles. The molecule has 0 aliphatic rings. The Labute approximate surface area is 101 Å². The van der Waals surface area contributed by atoms with Crippen LogP contribution in [0.1, 0.15) is 23.2 Å². The number of aromatic nitrogens is 1. The average molecular weight is 260 g/mol. The number of carbonyl (C=O) groups is 1. The molecule has 1 aromatic heterocycles. The van der Waals surface area contributed by atoms with E-state index in [1.807, 2.05) is 0 Å². The second-order valence-electron chi connectivity index (χ2n) is 3.46. The van der Waals surface area contributed by atoms with Gasteiger partial charge in [0.15, 0.2) is 0 Å². The summed E-state index contributed by atoms with van der Waals surface area (Å²) in [6, 6.07) is 0. The molecule has 0 saturated carbocycles. The van der Waals surface area contributed by atoms with Gasteiger partial charge in [0.05, 0.1) is 18.5 Å². The zero-order valence-electron chi connectivity index (χ0n) is 9.65. The number of carbonyl (C=O) groups excluding carboxylic acids is 1. The third-order valence-electron chi connectivity index (χ3n) is 2.31. The lowest BCUT2D eigenvalue weighted by molar-refractivity contribution is -0.387. The van der Waals surface area contributed by atoms with Crippen LogP contribution in [0.2, 0.25) is 0 Å². The van der Waals surface area contributed by atoms with Crippen molar-refractivity contribution < 1.29 is 23.2 Å². The summed E-state index contributed by atoms with van der Waals surface area (Å²) in [6.45, 7) is 1.30. The minimum absolute atomic E-state index is 0.00492. The van der Waals surface area contributed by atoms with Gasteiger partial charge in [0.2, 0.25) is 0 Å². The molecule has 0 saturated heterocycles. The molecule has 18 heavy (non-hydrogen) atoms. The molecule has 0 aliphatic carbocycles. The lowest BCUT2D eigenvalue weighted by atomic mass is 10.1. The molecule has 1 rings (SSSR count). The predicted molar refractivity (Wildman–Crippen MR) is 56.3 cm³/mol. The van der Waals surface area contributed by atoms with E-state index in [9.17, 15) is 23.7 Å². The number of hydrogen-bond acceptors (Lipinski definition) is 5. The van der Waals surface area contributed by atoms with Gasteiger partial charge < -0.3 is 4.74 Å². The van der Waals surface area contributed by atoms with Gasteiger partial charge in [-0.15, -0.1) is 0 Å². The molecule has 98 valence electrons. The lowest BCUT2D eigenvalue weighted by Gasteiger charge is -2.08. The van der Waals surface area contributed by atoms with Crippen LogP contribution in [0.15, 0.2) is 6.20 Å². The maximum Gasteiger partial charge on any atom is 0.311 e. The van der Waals surface area contributed by atoms with Crippen molar-refractivity contribution in [3.05, 3.63) is 33.1 Å². The topological polar surface area (TPSA) is 82.3 Å². The van der Waals surface area contributed by atoms with E-state index in [2.05, 4.69) is 9.72 Å². The third kappa shape index (κ3) is 2.76. The molecule has 1 aromatic rings. The summed E-state index contributed by atoms with van der Waals surface area (Å²) in [5.41, 5.74) is -1.86. The van der Waals surface area contributed by atoms with Gasteiger partial charge in [-0.3, -0.25) is 19.9 Å². The van der Waals surface area contributed by atoms with Crippen LogP contribution >= 0.6 is 0 Å². The number of nitro groups is 1. The van der Waals surface area contributed by atoms with E-state index in [4.69, 9.17) is 0 Å². The molecular formula is C10H10F2N2O4. The summed E-state index contributed by atoms with van der Waals surface area (Å²) in [5.74, 6) is -0.783. The maximum atomic E-state index is 12.8. The Kier molecular flexibility index (Phi) is 4.24. The van der Waals surface area contributed by atoms with Crippen LogP contribution in [-0.2, 0) is 16.0 Å². The van der Waals surface area contributed by atoms with E-state index in [0.717, 1.165) is 13.3 Å². The number of pyridine rings is 1. The second-order valence-corrected chi connectivity index (χ2v) is 3.46. The SMILES string of the molecule is COC(=O)Cc1ncc(C)c(C(F)F)c1[N+](=O)[O-]. The van der Waals surface area contributed by atoms with Crippen LogP contribution in [0, 0.1) is 17.0 Å². The Bertz CT molecular complexity index is 491. The number of aryl methyl sites for hydroxylation is 1. The van der Waals surface area contributed by atoms with E-state index in [-0.39, 0.29) is 11.3 Å². The molecule has 0 bridgehead atoms. The van der Waals surface area contributed by atoms with Crippen molar-refractivity contribution in [2.75, 3.05) is 7.11 Å². The molecule has 0 atom stereocenters. The fraction of sp³-hybridized carbons (Fsp3) is 0.400. The van der Waals surface area contributed by atoms with Crippen molar-refractivity contribution in [2.24, 2.45) is 0 Å². The Balaban J connectivity index is 3.39. The highest BCUT2D eigenvalue weighted by Gasteiger charge is 2.29. The summed E-state index contributed by atoms with van der Waals surface area (Å²) in [4.78, 5) is 24.6. The van der Waals surface area contributed by atoms with Crippen molar-refractivity contribution in [1.29, 1.82) is 0 Å².